The zero-order chi connectivity index (χ0) is 15.5. The summed E-state index contributed by atoms with van der Waals surface area (Å²) in [6.07, 6.45) is 0.257. The Kier molecular flexibility index (Phi) is 3.70. The number of benzene rings is 2. The van der Waals surface area contributed by atoms with Crippen LogP contribution in [0.3, 0.4) is 0 Å². The van der Waals surface area contributed by atoms with Crippen molar-refractivity contribution in [3.05, 3.63) is 70.6 Å². The Balaban J connectivity index is 2.23. The maximum Gasteiger partial charge on any atom is 0.303 e. The van der Waals surface area contributed by atoms with E-state index in [0.717, 1.165) is 0 Å². The summed E-state index contributed by atoms with van der Waals surface area (Å²) in [7, 11) is 0. The number of nitrogens with zero attached hydrogens (tertiary/aromatic N) is 2. The molecular formula is C17H14N2O3. The second-order valence-electron chi connectivity index (χ2n) is 4.94. The topological polar surface area (TPSA) is 72.2 Å². The molecule has 0 atom stereocenters. The van der Waals surface area contributed by atoms with Gasteiger partial charge in [0.1, 0.15) is 0 Å². The summed E-state index contributed by atoms with van der Waals surface area (Å²) in [5.41, 5.74) is 1.07. The lowest BCUT2D eigenvalue weighted by atomic mass is 10.1. The number of fused-ring (bicyclic) bond motifs is 1. The van der Waals surface area contributed by atoms with Gasteiger partial charge in [-0.1, -0.05) is 36.4 Å². The smallest absolute Gasteiger partial charge is 0.303 e. The first-order valence-corrected chi connectivity index (χ1v) is 6.95. The van der Waals surface area contributed by atoms with Gasteiger partial charge in [-0.3, -0.25) is 9.59 Å². The maximum atomic E-state index is 12.6. The van der Waals surface area contributed by atoms with E-state index >= 15 is 0 Å². The molecule has 22 heavy (non-hydrogen) atoms. The van der Waals surface area contributed by atoms with Crippen LogP contribution in [0.25, 0.3) is 16.5 Å². The number of para-hydroxylation sites is 1. The fourth-order valence-electron chi connectivity index (χ4n) is 2.41. The van der Waals surface area contributed by atoms with Gasteiger partial charge in [0.05, 0.1) is 23.2 Å². The van der Waals surface area contributed by atoms with Crippen LogP contribution in [0.4, 0.5) is 0 Å². The molecule has 0 aliphatic rings. The van der Waals surface area contributed by atoms with Crippen LogP contribution in [0, 0.1) is 0 Å². The van der Waals surface area contributed by atoms with Gasteiger partial charge in [-0.05, 0) is 18.2 Å². The molecule has 5 heteroatoms. The van der Waals surface area contributed by atoms with E-state index in [9.17, 15) is 9.59 Å². The number of rotatable bonds is 4. The van der Waals surface area contributed by atoms with Crippen LogP contribution in [-0.4, -0.2) is 20.9 Å². The predicted molar refractivity (Wildman–Crippen MR) is 83.3 cm³/mol. The Morgan fingerprint density at radius 3 is 2.32 bits per heavy atom. The molecule has 0 saturated heterocycles. The summed E-state index contributed by atoms with van der Waals surface area (Å²) in [5, 5.41) is 14.5. The molecule has 3 rings (SSSR count). The van der Waals surface area contributed by atoms with E-state index in [4.69, 9.17) is 5.11 Å². The lowest BCUT2D eigenvalue weighted by molar-refractivity contribution is -0.136. The van der Waals surface area contributed by atoms with E-state index in [0.29, 0.717) is 22.2 Å². The van der Waals surface area contributed by atoms with Crippen molar-refractivity contribution in [2.45, 2.75) is 12.8 Å². The molecule has 5 nitrogen and oxygen atoms in total. The average molecular weight is 294 g/mol. The van der Waals surface area contributed by atoms with Gasteiger partial charge in [-0.25, -0.2) is 0 Å². The summed E-state index contributed by atoms with van der Waals surface area (Å²) < 4.78 is 1.33. The van der Waals surface area contributed by atoms with Gasteiger partial charge in [-0.2, -0.15) is 9.78 Å². The van der Waals surface area contributed by atoms with Gasteiger partial charge < -0.3 is 5.11 Å². The number of hydrogen-bond donors (Lipinski definition) is 1. The molecule has 0 fully saturated rings. The summed E-state index contributed by atoms with van der Waals surface area (Å²) in [6, 6.07) is 16.3. The molecule has 2 aromatic carbocycles. The van der Waals surface area contributed by atoms with E-state index in [1.165, 1.54) is 4.68 Å². The zero-order valence-corrected chi connectivity index (χ0v) is 11.8. The zero-order valence-electron chi connectivity index (χ0n) is 11.8. The average Bonchev–Trinajstić information content (AvgIpc) is 2.55. The minimum absolute atomic E-state index is 0.0238. The van der Waals surface area contributed by atoms with Gasteiger partial charge in [0.15, 0.2) is 0 Å². The number of carboxylic acid groups (broad SMARTS) is 1. The van der Waals surface area contributed by atoms with Crippen LogP contribution in [0.2, 0.25) is 0 Å². The van der Waals surface area contributed by atoms with Crippen LogP contribution in [0.15, 0.2) is 59.4 Å². The van der Waals surface area contributed by atoms with Gasteiger partial charge in [0.2, 0.25) is 0 Å². The molecule has 0 spiro atoms. The third-order valence-corrected chi connectivity index (χ3v) is 3.46. The highest BCUT2D eigenvalue weighted by molar-refractivity contribution is 5.84. The third-order valence-electron chi connectivity index (χ3n) is 3.46. The first-order valence-electron chi connectivity index (χ1n) is 6.95. The second-order valence-corrected chi connectivity index (χ2v) is 4.94. The Labute approximate surface area is 126 Å². The quantitative estimate of drug-likeness (QED) is 0.802. The summed E-state index contributed by atoms with van der Waals surface area (Å²) >= 11 is 0. The number of aliphatic carboxylic acids is 1. The highest BCUT2D eigenvalue weighted by Crippen LogP contribution is 2.16. The molecule has 1 N–H and O–H groups in total. The molecule has 1 aromatic heterocycles. The summed E-state index contributed by atoms with van der Waals surface area (Å²) in [5.74, 6) is -0.886. The van der Waals surface area contributed by atoms with E-state index in [1.54, 1.807) is 30.3 Å². The Hall–Kier alpha value is -2.95. The predicted octanol–water partition coefficient (Wildman–Crippen LogP) is 2.40. The van der Waals surface area contributed by atoms with Crippen molar-refractivity contribution in [1.29, 1.82) is 0 Å². The van der Waals surface area contributed by atoms with Crippen molar-refractivity contribution in [3.8, 4) is 5.69 Å². The molecule has 0 aliphatic heterocycles. The van der Waals surface area contributed by atoms with Crippen molar-refractivity contribution < 1.29 is 9.90 Å². The van der Waals surface area contributed by atoms with Crippen molar-refractivity contribution in [2.24, 2.45) is 0 Å². The van der Waals surface area contributed by atoms with Crippen molar-refractivity contribution in [1.82, 2.24) is 9.78 Å². The van der Waals surface area contributed by atoms with Crippen LogP contribution in [0.5, 0.6) is 0 Å². The molecule has 0 radical (unpaired) electrons. The van der Waals surface area contributed by atoms with Gasteiger partial charge in [0, 0.05) is 11.8 Å². The van der Waals surface area contributed by atoms with Crippen molar-refractivity contribution in [2.75, 3.05) is 0 Å². The lowest BCUT2D eigenvalue weighted by Gasteiger charge is -2.10. The first-order chi connectivity index (χ1) is 10.7. The molecule has 0 bridgehead atoms. The third kappa shape index (κ3) is 2.61. The van der Waals surface area contributed by atoms with Crippen LogP contribution in [-0.2, 0) is 11.2 Å². The van der Waals surface area contributed by atoms with Gasteiger partial charge in [-0.15, -0.1) is 0 Å². The highest BCUT2D eigenvalue weighted by atomic mass is 16.4. The molecule has 0 unspecified atom stereocenters. The van der Waals surface area contributed by atoms with E-state index in [1.807, 2.05) is 24.3 Å². The standard InChI is InChI=1S/C17H14N2O3/c20-16(21)11-10-15-13-8-4-5-9-14(13)17(22)19(18-15)12-6-2-1-3-7-12/h1-9H,10-11H2,(H,20,21). The van der Waals surface area contributed by atoms with Crippen molar-refractivity contribution in [3.63, 3.8) is 0 Å². The van der Waals surface area contributed by atoms with Crippen LogP contribution < -0.4 is 5.56 Å². The van der Waals surface area contributed by atoms with E-state index < -0.39 is 5.97 Å². The Morgan fingerprint density at radius 1 is 1.00 bits per heavy atom. The fourth-order valence-corrected chi connectivity index (χ4v) is 2.41. The van der Waals surface area contributed by atoms with Crippen molar-refractivity contribution >= 4 is 16.7 Å². The second kappa shape index (κ2) is 5.81. The normalized spacial score (nSPS) is 10.7. The molecule has 0 amide bonds. The highest BCUT2D eigenvalue weighted by Gasteiger charge is 2.12. The molecular weight excluding hydrogens is 280 g/mol. The first kappa shape index (κ1) is 14.0. The minimum Gasteiger partial charge on any atom is -0.481 e. The SMILES string of the molecule is O=C(O)CCc1nn(-c2ccccc2)c(=O)c2ccccc12. The molecule has 1 heterocycles. The summed E-state index contributed by atoms with van der Waals surface area (Å²) in [6.45, 7) is 0. The largest absolute Gasteiger partial charge is 0.481 e. The number of aromatic nitrogens is 2. The monoisotopic (exact) mass is 294 g/mol. The number of carboxylic acids is 1. The Morgan fingerprint density at radius 2 is 1.64 bits per heavy atom. The van der Waals surface area contributed by atoms with Crippen LogP contribution >= 0.6 is 0 Å². The van der Waals surface area contributed by atoms with Gasteiger partial charge >= 0.3 is 5.97 Å². The van der Waals surface area contributed by atoms with Crippen LogP contribution in [0.1, 0.15) is 12.1 Å². The number of hydrogen-bond acceptors (Lipinski definition) is 3. The number of aryl methyl sites for hydroxylation is 1. The molecule has 3 aromatic rings. The molecule has 110 valence electrons. The van der Waals surface area contributed by atoms with E-state index in [2.05, 4.69) is 5.10 Å². The van der Waals surface area contributed by atoms with E-state index in [-0.39, 0.29) is 18.4 Å². The van der Waals surface area contributed by atoms with Gasteiger partial charge in [0.25, 0.3) is 5.56 Å². The molecule has 0 saturated carbocycles. The maximum absolute atomic E-state index is 12.6. The lowest BCUT2D eigenvalue weighted by Crippen LogP contribution is -2.23. The minimum atomic E-state index is -0.886. The number of carbonyl (C=O) groups is 1. The Bertz CT molecular complexity index is 885. The summed E-state index contributed by atoms with van der Waals surface area (Å²) in [4.78, 5) is 23.4. The fraction of sp³-hybridized carbons (Fsp3) is 0.118. The molecule has 0 aliphatic carbocycles.